The van der Waals surface area contributed by atoms with Gasteiger partial charge in [0.05, 0.1) is 5.56 Å². The maximum absolute atomic E-state index is 12.6. The number of benzene rings is 1. The largest absolute Gasteiger partial charge is 0.416 e. The summed E-state index contributed by atoms with van der Waals surface area (Å²) in [6.45, 7) is 0. The zero-order valence-electron chi connectivity index (χ0n) is 10.7. The van der Waals surface area contributed by atoms with Gasteiger partial charge in [-0.15, -0.1) is 0 Å². The summed E-state index contributed by atoms with van der Waals surface area (Å²) in [6, 6.07) is 7.01. The topological polar surface area (TPSA) is 12.9 Å². The fourth-order valence-corrected chi connectivity index (χ4v) is 2.30. The maximum atomic E-state index is 12.6. The molecule has 0 amide bonds. The van der Waals surface area contributed by atoms with Crippen LogP contribution in [0.25, 0.3) is 6.08 Å². The molecule has 0 aliphatic rings. The van der Waals surface area contributed by atoms with E-state index in [1.54, 1.807) is 30.4 Å². The molecule has 1 aromatic heterocycles. The van der Waals surface area contributed by atoms with E-state index in [1.165, 1.54) is 0 Å². The molecule has 1 aromatic carbocycles. The molecule has 21 heavy (non-hydrogen) atoms. The molecule has 0 saturated carbocycles. The SMILES string of the molecule is FC(F)(F)c1ccnc(CC=Cc2cc(Cl)cc(Cl)c2)c1. The van der Waals surface area contributed by atoms with Crippen LogP contribution in [0.2, 0.25) is 10.0 Å². The van der Waals surface area contributed by atoms with Crippen LogP contribution in [0.4, 0.5) is 13.2 Å². The molecule has 0 atom stereocenters. The quantitative estimate of drug-likeness (QED) is 0.706. The first-order valence-corrected chi connectivity index (χ1v) is 6.75. The van der Waals surface area contributed by atoms with Crippen molar-refractivity contribution >= 4 is 29.3 Å². The molecule has 0 bridgehead atoms. The van der Waals surface area contributed by atoms with Gasteiger partial charge < -0.3 is 0 Å². The molecular weight excluding hydrogens is 322 g/mol. The number of hydrogen-bond donors (Lipinski definition) is 0. The summed E-state index contributed by atoms with van der Waals surface area (Å²) in [5, 5.41) is 0.999. The summed E-state index contributed by atoms with van der Waals surface area (Å²) in [4.78, 5) is 3.92. The van der Waals surface area contributed by atoms with Crippen LogP contribution in [0, 0.1) is 0 Å². The molecule has 0 aliphatic carbocycles. The van der Waals surface area contributed by atoms with Crippen LogP contribution >= 0.6 is 23.2 Å². The van der Waals surface area contributed by atoms with Crippen molar-refractivity contribution in [2.75, 3.05) is 0 Å². The van der Waals surface area contributed by atoms with Gasteiger partial charge in [0.15, 0.2) is 0 Å². The van der Waals surface area contributed by atoms with Gasteiger partial charge in [-0.1, -0.05) is 35.4 Å². The molecule has 0 unspecified atom stereocenters. The first-order chi connectivity index (χ1) is 9.84. The number of halogens is 5. The summed E-state index contributed by atoms with van der Waals surface area (Å²) in [5.41, 5.74) is 0.417. The van der Waals surface area contributed by atoms with Crippen molar-refractivity contribution in [2.45, 2.75) is 12.6 Å². The van der Waals surface area contributed by atoms with Gasteiger partial charge in [-0.05, 0) is 35.9 Å². The maximum Gasteiger partial charge on any atom is 0.416 e. The Hall–Kier alpha value is -1.52. The van der Waals surface area contributed by atoms with Gasteiger partial charge in [-0.3, -0.25) is 4.98 Å². The minimum absolute atomic E-state index is 0.286. The lowest BCUT2D eigenvalue weighted by atomic mass is 10.1. The van der Waals surface area contributed by atoms with Crippen LogP contribution in [0.3, 0.4) is 0 Å². The average Bonchev–Trinajstić information content (AvgIpc) is 2.37. The molecule has 0 saturated heterocycles. The van der Waals surface area contributed by atoms with Crippen LogP contribution < -0.4 is 0 Å². The van der Waals surface area contributed by atoms with Gasteiger partial charge in [-0.25, -0.2) is 0 Å². The molecule has 0 aliphatic heterocycles. The van der Waals surface area contributed by atoms with E-state index in [-0.39, 0.29) is 6.42 Å². The standard InChI is InChI=1S/C15H10Cl2F3N/c16-12-6-10(7-13(17)9-12)2-1-3-14-8-11(4-5-21-14)15(18,19)20/h1-2,4-9H,3H2. The average molecular weight is 332 g/mol. The Balaban J connectivity index is 2.11. The molecule has 0 N–H and O–H groups in total. The third kappa shape index (κ3) is 4.76. The molecule has 2 rings (SSSR count). The summed E-state index contributed by atoms with van der Waals surface area (Å²) in [6.07, 6.45) is 0.530. The Morgan fingerprint density at radius 1 is 1.05 bits per heavy atom. The minimum atomic E-state index is -4.36. The minimum Gasteiger partial charge on any atom is -0.261 e. The monoisotopic (exact) mass is 331 g/mol. The highest BCUT2D eigenvalue weighted by atomic mass is 35.5. The second-order valence-corrected chi connectivity index (χ2v) is 5.22. The highest BCUT2D eigenvalue weighted by Crippen LogP contribution is 2.29. The summed E-state index contributed by atoms with van der Waals surface area (Å²) < 4.78 is 37.7. The summed E-state index contributed by atoms with van der Waals surface area (Å²) in [7, 11) is 0. The lowest BCUT2D eigenvalue weighted by Gasteiger charge is -2.06. The Kier molecular flexibility index (Phi) is 4.91. The number of rotatable bonds is 3. The predicted molar refractivity (Wildman–Crippen MR) is 78.4 cm³/mol. The van der Waals surface area contributed by atoms with Crippen LogP contribution in [-0.4, -0.2) is 4.98 Å². The van der Waals surface area contributed by atoms with Gasteiger partial charge in [0, 0.05) is 28.4 Å². The van der Waals surface area contributed by atoms with Crippen LogP contribution in [0.5, 0.6) is 0 Å². The van der Waals surface area contributed by atoms with E-state index >= 15 is 0 Å². The first kappa shape index (κ1) is 15.9. The zero-order chi connectivity index (χ0) is 15.5. The predicted octanol–water partition coefficient (Wildman–Crippen LogP) is 5.66. The third-order valence-corrected chi connectivity index (χ3v) is 3.10. The molecular formula is C15H10Cl2F3N. The van der Waals surface area contributed by atoms with E-state index in [0.717, 1.165) is 23.9 Å². The van der Waals surface area contributed by atoms with Crippen molar-refractivity contribution in [3.8, 4) is 0 Å². The normalized spacial score (nSPS) is 12.0. The van der Waals surface area contributed by atoms with E-state index in [4.69, 9.17) is 23.2 Å². The fourth-order valence-electron chi connectivity index (χ4n) is 1.75. The Bertz CT molecular complexity index is 646. The Morgan fingerprint density at radius 2 is 1.71 bits per heavy atom. The van der Waals surface area contributed by atoms with Crippen molar-refractivity contribution in [1.29, 1.82) is 0 Å². The van der Waals surface area contributed by atoms with E-state index in [9.17, 15) is 13.2 Å². The fraction of sp³-hybridized carbons (Fsp3) is 0.133. The number of allylic oxidation sites excluding steroid dienone is 1. The number of pyridine rings is 1. The lowest BCUT2D eigenvalue weighted by Crippen LogP contribution is -2.05. The van der Waals surface area contributed by atoms with Crippen LogP contribution in [0.15, 0.2) is 42.6 Å². The van der Waals surface area contributed by atoms with Crippen LogP contribution in [0.1, 0.15) is 16.8 Å². The highest BCUT2D eigenvalue weighted by molar-refractivity contribution is 6.34. The lowest BCUT2D eigenvalue weighted by molar-refractivity contribution is -0.137. The van der Waals surface area contributed by atoms with Crippen molar-refractivity contribution in [2.24, 2.45) is 0 Å². The number of nitrogens with zero attached hydrogens (tertiary/aromatic N) is 1. The number of aromatic nitrogens is 1. The molecule has 0 fully saturated rings. The van der Waals surface area contributed by atoms with E-state index in [2.05, 4.69) is 4.98 Å². The Morgan fingerprint density at radius 3 is 2.33 bits per heavy atom. The van der Waals surface area contributed by atoms with Crippen LogP contribution in [-0.2, 0) is 12.6 Å². The molecule has 110 valence electrons. The Labute approximate surface area is 130 Å². The van der Waals surface area contributed by atoms with Gasteiger partial charge in [-0.2, -0.15) is 13.2 Å². The summed E-state index contributed by atoms with van der Waals surface area (Å²) in [5.74, 6) is 0. The first-order valence-electron chi connectivity index (χ1n) is 5.99. The van der Waals surface area contributed by atoms with Gasteiger partial charge in [0.25, 0.3) is 0 Å². The molecule has 1 heterocycles. The zero-order valence-corrected chi connectivity index (χ0v) is 12.2. The number of alkyl halides is 3. The molecule has 0 radical (unpaired) electrons. The summed E-state index contributed by atoms with van der Waals surface area (Å²) >= 11 is 11.7. The van der Waals surface area contributed by atoms with E-state index < -0.39 is 11.7 Å². The van der Waals surface area contributed by atoms with Gasteiger partial charge in [0.1, 0.15) is 0 Å². The second kappa shape index (κ2) is 6.50. The molecule has 6 heteroatoms. The molecule has 0 spiro atoms. The van der Waals surface area contributed by atoms with E-state index in [0.29, 0.717) is 15.7 Å². The molecule has 1 nitrogen and oxygen atoms in total. The molecule has 2 aromatic rings. The van der Waals surface area contributed by atoms with Crippen molar-refractivity contribution in [3.63, 3.8) is 0 Å². The van der Waals surface area contributed by atoms with Crippen molar-refractivity contribution in [3.05, 3.63) is 69.5 Å². The van der Waals surface area contributed by atoms with E-state index in [1.807, 2.05) is 0 Å². The number of hydrogen-bond acceptors (Lipinski definition) is 1. The third-order valence-electron chi connectivity index (χ3n) is 2.67. The van der Waals surface area contributed by atoms with Gasteiger partial charge in [0.2, 0.25) is 0 Å². The van der Waals surface area contributed by atoms with Crippen molar-refractivity contribution < 1.29 is 13.2 Å². The smallest absolute Gasteiger partial charge is 0.261 e. The highest BCUT2D eigenvalue weighted by Gasteiger charge is 2.30. The second-order valence-electron chi connectivity index (χ2n) is 4.34. The van der Waals surface area contributed by atoms with Crippen molar-refractivity contribution in [1.82, 2.24) is 4.98 Å². The van der Waals surface area contributed by atoms with Gasteiger partial charge >= 0.3 is 6.18 Å².